The molecule has 0 radical (unpaired) electrons. The lowest BCUT2D eigenvalue weighted by Crippen LogP contribution is -2.03. The Morgan fingerprint density at radius 2 is 2.25 bits per heavy atom. The molecule has 0 aliphatic rings. The molecule has 0 amide bonds. The zero-order valence-corrected chi connectivity index (χ0v) is 9.79. The fourth-order valence-electron chi connectivity index (χ4n) is 0.878. The quantitative estimate of drug-likeness (QED) is 0.608. The predicted molar refractivity (Wildman–Crippen MR) is 59.5 cm³/mol. The molecule has 0 saturated heterocycles. The third kappa shape index (κ3) is 3.88. The van der Waals surface area contributed by atoms with E-state index in [1.807, 2.05) is 0 Å². The lowest BCUT2D eigenvalue weighted by Gasteiger charge is -1.98. The van der Waals surface area contributed by atoms with E-state index in [1.54, 1.807) is 24.3 Å². The first-order chi connectivity index (χ1) is 7.42. The van der Waals surface area contributed by atoms with Gasteiger partial charge in [0, 0.05) is 10.6 Å². The summed E-state index contributed by atoms with van der Waals surface area (Å²) in [5.41, 5.74) is 0.228. The first kappa shape index (κ1) is 12.5. The summed E-state index contributed by atoms with van der Waals surface area (Å²) in [5, 5.41) is 12.4. The van der Waals surface area contributed by atoms with Crippen LogP contribution in [0.15, 0.2) is 29.4 Å². The summed E-state index contributed by atoms with van der Waals surface area (Å²) in [6, 6.07) is 8.01. The Bertz CT molecular complexity index is 560. The van der Waals surface area contributed by atoms with E-state index in [0.717, 1.165) is 6.26 Å². The number of benzene rings is 1. The highest BCUT2D eigenvalue weighted by molar-refractivity contribution is 7.85. The van der Waals surface area contributed by atoms with Gasteiger partial charge >= 0.3 is 10.1 Å². The fraction of sp³-hybridized carbons (Fsp3) is 0.111. The highest BCUT2D eigenvalue weighted by Crippen LogP contribution is 2.11. The van der Waals surface area contributed by atoms with Crippen molar-refractivity contribution < 1.29 is 12.7 Å². The zero-order valence-electron chi connectivity index (χ0n) is 8.21. The van der Waals surface area contributed by atoms with E-state index < -0.39 is 10.1 Å². The lowest BCUT2D eigenvalue weighted by atomic mass is 10.1. The molecule has 0 heterocycles. The smallest absolute Gasteiger partial charge is 0.267 e. The number of oxime groups is 1. The summed E-state index contributed by atoms with van der Waals surface area (Å²) in [7, 11) is -3.72. The average molecular weight is 259 g/mol. The molecule has 84 valence electrons. The first-order valence-corrected chi connectivity index (χ1v) is 6.24. The molecule has 5 nitrogen and oxygen atoms in total. The second-order valence-electron chi connectivity index (χ2n) is 2.84. The van der Waals surface area contributed by atoms with Crippen LogP contribution in [0, 0.1) is 11.3 Å². The topological polar surface area (TPSA) is 79.5 Å². The van der Waals surface area contributed by atoms with E-state index in [4.69, 9.17) is 16.9 Å². The van der Waals surface area contributed by atoms with Gasteiger partial charge in [-0.3, -0.25) is 4.28 Å². The van der Waals surface area contributed by atoms with Gasteiger partial charge < -0.3 is 0 Å². The fourth-order valence-corrected chi connectivity index (χ4v) is 1.28. The predicted octanol–water partition coefficient (Wildman–Crippen LogP) is 1.54. The third-order valence-electron chi connectivity index (χ3n) is 1.47. The Balaban J connectivity index is 3.05. The molecule has 0 bridgehead atoms. The minimum Gasteiger partial charge on any atom is -0.267 e. The monoisotopic (exact) mass is 258 g/mol. The lowest BCUT2D eigenvalue weighted by molar-refractivity contribution is 0.344. The van der Waals surface area contributed by atoms with E-state index in [2.05, 4.69) is 9.44 Å². The normalized spacial score (nSPS) is 11.9. The van der Waals surface area contributed by atoms with Crippen LogP contribution in [-0.2, 0) is 14.4 Å². The maximum atomic E-state index is 10.7. The van der Waals surface area contributed by atoms with Crippen molar-refractivity contribution in [2.75, 3.05) is 6.26 Å². The Kier molecular flexibility index (Phi) is 3.88. The molecule has 0 unspecified atom stereocenters. The van der Waals surface area contributed by atoms with E-state index in [0.29, 0.717) is 10.6 Å². The Morgan fingerprint density at radius 1 is 1.56 bits per heavy atom. The summed E-state index contributed by atoms with van der Waals surface area (Å²) in [6.45, 7) is 0. The van der Waals surface area contributed by atoms with Crippen LogP contribution in [0.1, 0.15) is 5.56 Å². The molecule has 0 atom stereocenters. The van der Waals surface area contributed by atoms with Crippen LogP contribution in [-0.4, -0.2) is 20.4 Å². The number of hydrogen-bond acceptors (Lipinski definition) is 5. The molecule has 0 aliphatic carbocycles. The molecule has 7 heteroatoms. The molecule has 0 fully saturated rings. The highest BCUT2D eigenvalue weighted by Gasteiger charge is 2.06. The first-order valence-electron chi connectivity index (χ1n) is 4.05. The second-order valence-corrected chi connectivity index (χ2v) is 4.83. The SMILES string of the molecule is CS(=O)(=O)O/N=C(\C#N)c1cccc(Cl)c1. The van der Waals surface area contributed by atoms with Crippen molar-refractivity contribution in [2.45, 2.75) is 0 Å². The molecular weight excluding hydrogens is 252 g/mol. The van der Waals surface area contributed by atoms with Crippen molar-refractivity contribution in [1.29, 1.82) is 5.26 Å². The molecule has 0 N–H and O–H groups in total. The van der Waals surface area contributed by atoms with Crippen LogP contribution in [0.2, 0.25) is 5.02 Å². The van der Waals surface area contributed by atoms with Crippen molar-refractivity contribution in [3.63, 3.8) is 0 Å². The second kappa shape index (κ2) is 4.96. The summed E-state index contributed by atoms with van der Waals surface area (Å²) < 4.78 is 25.5. The van der Waals surface area contributed by atoms with Crippen molar-refractivity contribution in [1.82, 2.24) is 0 Å². The Morgan fingerprint density at radius 3 is 2.75 bits per heavy atom. The maximum Gasteiger partial charge on any atom is 0.325 e. The van der Waals surface area contributed by atoms with Gasteiger partial charge in [0.1, 0.15) is 6.07 Å². The van der Waals surface area contributed by atoms with Crippen LogP contribution in [0.3, 0.4) is 0 Å². The molecule has 0 aliphatic heterocycles. The number of nitriles is 1. The van der Waals surface area contributed by atoms with Gasteiger partial charge in [0.15, 0.2) is 5.71 Å². The van der Waals surface area contributed by atoms with Crippen LogP contribution >= 0.6 is 11.6 Å². The van der Waals surface area contributed by atoms with Crippen molar-refractivity contribution in [3.8, 4) is 6.07 Å². The van der Waals surface area contributed by atoms with Crippen molar-refractivity contribution >= 4 is 27.4 Å². The maximum absolute atomic E-state index is 10.7. The van der Waals surface area contributed by atoms with Gasteiger partial charge in [-0.05, 0) is 12.1 Å². The molecule has 0 saturated carbocycles. The van der Waals surface area contributed by atoms with E-state index in [9.17, 15) is 8.42 Å². The van der Waals surface area contributed by atoms with Gasteiger partial charge in [-0.2, -0.15) is 13.7 Å². The van der Waals surface area contributed by atoms with Gasteiger partial charge in [0.25, 0.3) is 0 Å². The minimum atomic E-state index is -3.72. The van der Waals surface area contributed by atoms with Crippen LogP contribution in [0.4, 0.5) is 0 Å². The van der Waals surface area contributed by atoms with Gasteiger partial charge in [-0.15, -0.1) is 0 Å². The molecule has 1 rings (SSSR count). The van der Waals surface area contributed by atoms with E-state index in [-0.39, 0.29) is 5.71 Å². The molecule has 1 aromatic rings. The number of hydrogen-bond donors (Lipinski definition) is 0. The number of rotatable bonds is 3. The van der Waals surface area contributed by atoms with Crippen molar-refractivity contribution in [2.24, 2.45) is 5.16 Å². The van der Waals surface area contributed by atoms with Crippen LogP contribution < -0.4 is 0 Å². The zero-order chi connectivity index (χ0) is 12.2. The van der Waals surface area contributed by atoms with Crippen LogP contribution in [0.25, 0.3) is 0 Å². The third-order valence-corrected chi connectivity index (χ3v) is 2.05. The Labute approximate surface area is 98.0 Å². The minimum absolute atomic E-state index is 0.159. The summed E-state index contributed by atoms with van der Waals surface area (Å²) in [6.07, 6.45) is 0.837. The molecule has 16 heavy (non-hydrogen) atoms. The van der Waals surface area contributed by atoms with E-state index in [1.165, 1.54) is 6.07 Å². The number of halogens is 1. The van der Waals surface area contributed by atoms with Gasteiger partial charge in [0.2, 0.25) is 0 Å². The largest absolute Gasteiger partial charge is 0.325 e. The van der Waals surface area contributed by atoms with Gasteiger partial charge in [-0.25, -0.2) is 0 Å². The van der Waals surface area contributed by atoms with Crippen molar-refractivity contribution in [3.05, 3.63) is 34.9 Å². The molecule has 0 aromatic heterocycles. The molecule has 0 spiro atoms. The summed E-state index contributed by atoms with van der Waals surface area (Å²) in [4.78, 5) is 0. The summed E-state index contributed by atoms with van der Waals surface area (Å²) >= 11 is 5.71. The molecule has 1 aromatic carbocycles. The standard InChI is InChI=1S/C9H7ClN2O3S/c1-16(13,14)15-12-9(6-11)7-3-2-4-8(10)5-7/h2-5H,1H3/b12-9+. The van der Waals surface area contributed by atoms with E-state index >= 15 is 0 Å². The summed E-state index contributed by atoms with van der Waals surface area (Å²) in [5.74, 6) is 0. The van der Waals surface area contributed by atoms with Gasteiger partial charge in [0.05, 0.1) is 6.26 Å². The Hall–Kier alpha value is -1.58. The highest BCUT2D eigenvalue weighted by atomic mass is 35.5. The van der Waals surface area contributed by atoms with Gasteiger partial charge in [-0.1, -0.05) is 28.9 Å². The average Bonchev–Trinajstić information content (AvgIpc) is 2.17. The number of nitrogens with zero attached hydrogens (tertiary/aromatic N) is 2. The van der Waals surface area contributed by atoms with Crippen LogP contribution in [0.5, 0.6) is 0 Å². The molecular formula is C9H7ClN2O3S.